The second kappa shape index (κ2) is 8.07. The molecular weight excluding hydrogens is 304 g/mol. The van der Waals surface area contributed by atoms with Crippen LogP contribution in [-0.2, 0) is 4.79 Å². The van der Waals surface area contributed by atoms with Gasteiger partial charge < -0.3 is 21.3 Å². The molecule has 4 N–H and O–H groups in total. The summed E-state index contributed by atoms with van der Waals surface area (Å²) in [7, 11) is 5.65. The summed E-state index contributed by atoms with van der Waals surface area (Å²) in [5.41, 5.74) is 7.94. The summed E-state index contributed by atoms with van der Waals surface area (Å²) < 4.78 is 0. The smallest absolute Gasteiger partial charge is 0.248 e. The molecular formula is C17H22N6O. The fraction of sp³-hybridized carbons (Fsp3) is 0.235. The Bertz CT molecular complexity index is 742. The fourth-order valence-corrected chi connectivity index (χ4v) is 2.05. The van der Waals surface area contributed by atoms with Crippen molar-refractivity contribution in [1.29, 1.82) is 0 Å². The summed E-state index contributed by atoms with van der Waals surface area (Å²) in [5, 5.41) is 5.78. The highest BCUT2D eigenvalue weighted by atomic mass is 16.1. The maximum Gasteiger partial charge on any atom is 0.248 e. The topological polar surface area (TPSA) is 96.2 Å². The molecule has 1 amide bonds. The van der Waals surface area contributed by atoms with Crippen molar-refractivity contribution in [2.24, 2.45) is 0 Å². The molecule has 24 heavy (non-hydrogen) atoms. The molecule has 0 aliphatic carbocycles. The van der Waals surface area contributed by atoms with E-state index in [1.54, 1.807) is 13.1 Å². The van der Waals surface area contributed by atoms with Gasteiger partial charge in [0.2, 0.25) is 11.9 Å². The third-order valence-electron chi connectivity index (χ3n) is 3.17. The number of likely N-dealkylation sites (N-methyl/N-ethyl adjacent to an activating group) is 1. The number of nitrogen functional groups attached to an aromatic ring is 1. The quantitative estimate of drug-likeness (QED) is 0.701. The van der Waals surface area contributed by atoms with Gasteiger partial charge in [0.1, 0.15) is 5.82 Å². The highest BCUT2D eigenvalue weighted by Crippen LogP contribution is 2.23. The van der Waals surface area contributed by atoms with Crippen molar-refractivity contribution < 1.29 is 4.79 Å². The van der Waals surface area contributed by atoms with E-state index in [-0.39, 0.29) is 11.9 Å². The molecule has 1 heterocycles. The number of amides is 1. The maximum atomic E-state index is 11.9. The lowest BCUT2D eigenvalue weighted by molar-refractivity contribution is -0.111. The summed E-state index contributed by atoms with van der Waals surface area (Å²) in [5.74, 6) is 0.656. The van der Waals surface area contributed by atoms with Gasteiger partial charge in [-0.3, -0.25) is 4.79 Å². The Balaban J connectivity index is 2.16. The lowest BCUT2D eigenvalue weighted by atomic mass is 10.1. The number of rotatable bonds is 6. The van der Waals surface area contributed by atoms with E-state index >= 15 is 0 Å². The molecule has 0 atom stereocenters. The minimum absolute atomic E-state index is 0.174. The molecule has 7 nitrogen and oxygen atoms in total. The van der Waals surface area contributed by atoms with Crippen LogP contribution in [0.1, 0.15) is 0 Å². The molecule has 0 saturated carbocycles. The van der Waals surface area contributed by atoms with Crippen molar-refractivity contribution in [2.45, 2.75) is 0 Å². The van der Waals surface area contributed by atoms with Crippen molar-refractivity contribution in [3.63, 3.8) is 0 Å². The molecule has 0 unspecified atom stereocenters. The molecule has 2 aromatic rings. The Hall–Kier alpha value is -2.93. The van der Waals surface area contributed by atoms with Crippen LogP contribution >= 0.6 is 0 Å². The number of nitrogens with two attached hydrogens (primary N) is 1. The predicted molar refractivity (Wildman–Crippen MR) is 97.8 cm³/mol. The first-order valence-corrected chi connectivity index (χ1v) is 7.53. The number of aromatic nitrogens is 2. The number of nitrogens with zero attached hydrogens (tertiary/aromatic N) is 3. The van der Waals surface area contributed by atoms with Crippen LogP contribution in [0.2, 0.25) is 0 Å². The van der Waals surface area contributed by atoms with Gasteiger partial charge in [0.25, 0.3) is 0 Å². The first kappa shape index (κ1) is 17.4. The predicted octanol–water partition coefficient (Wildman–Crippen LogP) is 1.82. The normalized spacial score (nSPS) is 11.0. The molecule has 0 saturated heterocycles. The van der Waals surface area contributed by atoms with E-state index in [1.165, 1.54) is 6.08 Å². The monoisotopic (exact) mass is 326 g/mol. The standard InChI is InChI=1S/C17H22N6O/c1-19-15-11-14(21-17(18)22-15)12-6-4-7-13(10-12)20-16(24)8-5-9-23(2)3/h4-8,10-11H,9H2,1-3H3,(H,20,24)(H3,18,19,21,22). The summed E-state index contributed by atoms with van der Waals surface area (Å²) >= 11 is 0. The number of carbonyl (C=O) groups is 1. The summed E-state index contributed by atoms with van der Waals surface area (Å²) in [4.78, 5) is 22.2. The first-order valence-electron chi connectivity index (χ1n) is 7.53. The van der Waals surface area contributed by atoms with Gasteiger partial charge in [0.15, 0.2) is 0 Å². The van der Waals surface area contributed by atoms with Gasteiger partial charge in [0.05, 0.1) is 5.69 Å². The zero-order valence-corrected chi connectivity index (χ0v) is 14.1. The highest BCUT2D eigenvalue weighted by Gasteiger charge is 2.06. The summed E-state index contributed by atoms with van der Waals surface area (Å²) in [6, 6.07) is 9.22. The molecule has 0 aliphatic rings. The minimum Gasteiger partial charge on any atom is -0.373 e. The summed E-state index contributed by atoms with van der Waals surface area (Å²) in [6.45, 7) is 0.709. The second-order valence-electron chi connectivity index (χ2n) is 5.48. The average Bonchev–Trinajstić information content (AvgIpc) is 2.54. The molecule has 0 radical (unpaired) electrons. The van der Waals surface area contributed by atoms with Gasteiger partial charge in [-0.05, 0) is 26.2 Å². The molecule has 1 aromatic carbocycles. The van der Waals surface area contributed by atoms with Crippen molar-refractivity contribution in [1.82, 2.24) is 14.9 Å². The zero-order chi connectivity index (χ0) is 17.5. The Morgan fingerprint density at radius 2 is 2.08 bits per heavy atom. The summed E-state index contributed by atoms with van der Waals surface area (Å²) in [6.07, 6.45) is 3.33. The van der Waals surface area contributed by atoms with E-state index in [1.807, 2.05) is 49.3 Å². The van der Waals surface area contributed by atoms with Crippen molar-refractivity contribution in [3.05, 3.63) is 42.5 Å². The van der Waals surface area contributed by atoms with Crippen molar-refractivity contribution in [3.8, 4) is 11.3 Å². The number of anilines is 3. The number of hydrogen-bond donors (Lipinski definition) is 3. The average molecular weight is 326 g/mol. The molecule has 7 heteroatoms. The lowest BCUT2D eigenvalue weighted by Gasteiger charge is -2.08. The van der Waals surface area contributed by atoms with Gasteiger partial charge in [-0.2, -0.15) is 4.98 Å². The molecule has 1 aromatic heterocycles. The molecule has 0 bridgehead atoms. The fourth-order valence-electron chi connectivity index (χ4n) is 2.05. The molecule has 0 spiro atoms. The van der Waals surface area contributed by atoms with Gasteiger partial charge in [-0.1, -0.05) is 18.2 Å². The second-order valence-corrected chi connectivity index (χ2v) is 5.48. The van der Waals surface area contributed by atoms with E-state index in [9.17, 15) is 4.79 Å². The third-order valence-corrected chi connectivity index (χ3v) is 3.17. The van der Waals surface area contributed by atoms with Crippen LogP contribution in [0, 0.1) is 0 Å². The number of nitrogens with one attached hydrogen (secondary N) is 2. The first-order chi connectivity index (χ1) is 11.5. The Kier molecular flexibility index (Phi) is 5.86. The Morgan fingerprint density at radius 1 is 1.29 bits per heavy atom. The van der Waals surface area contributed by atoms with E-state index in [2.05, 4.69) is 20.6 Å². The van der Waals surface area contributed by atoms with Crippen LogP contribution in [0.4, 0.5) is 17.5 Å². The van der Waals surface area contributed by atoms with E-state index in [0.717, 1.165) is 5.56 Å². The van der Waals surface area contributed by atoms with Crippen LogP contribution in [-0.4, -0.2) is 48.5 Å². The van der Waals surface area contributed by atoms with Gasteiger partial charge in [0, 0.05) is 37.0 Å². The number of carbonyl (C=O) groups excluding carboxylic acids is 1. The highest BCUT2D eigenvalue weighted by molar-refractivity contribution is 5.99. The SMILES string of the molecule is CNc1cc(-c2cccc(NC(=O)C=CCN(C)C)c2)nc(N)n1. The Morgan fingerprint density at radius 3 is 2.79 bits per heavy atom. The van der Waals surface area contributed by atoms with Gasteiger partial charge >= 0.3 is 0 Å². The molecule has 0 aliphatic heterocycles. The molecule has 2 rings (SSSR count). The largest absolute Gasteiger partial charge is 0.373 e. The Labute approximate surface area is 141 Å². The van der Waals surface area contributed by atoms with E-state index in [4.69, 9.17) is 5.73 Å². The molecule has 0 fully saturated rings. The van der Waals surface area contributed by atoms with Crippen LogP contribution in [0.25, 0.3) is 11.3 Å². The van der Waals surface area contributed by atoms with Gasteiger partial charge in [-0.15, -0.1) is 0 Å². The van der Waals surface area contributed by atoms with Crippen LogP contribution in [0.5, 0.6) is 0 Å². The maximum absolute atomic E-state index is 11.9. The van der Waals surface area contributed by atoms with Crippen LogP contribution in [0.3, 0.4) is 0 Å². The minimum atomic E-state index is -0.174. The number of benzene rings is 1. The van der Waals surface area contributed by atoms with Crippen molar-refractivity contribution in [2.75, 3.05) is 44.1 Å². The molecule has 126 valence electrons. The van der Waals surface area contributed by atoms with Crippen LogP contribution in [0.15, 0.2) is 42.5 Å². The number of hydrogen-bond acceptors (Lipinski definition) is 6. The van der Waals surface area contributed by atoms with Crippen LogP contribution < -0.4 is 16.4 Å². The van der Waals surface area contributed by atoms with E-state index in [0.29, 0.717) is 23.7 Å². The third kappa shape index (κ3) is 5.06. The van der Waals surface area contributed by atoms with E-state index < -0.39 is 0 Å². The zero-order valence-electron chi connectivity index (χ0n) is 14.1. The van der Waals surface area contributed by atoms with Crippen molar-refractivity contribution >= 4 is 23.4 Å². The lowest BCUT2D eigenvalue weighted by Crippen LogP contribution is -2.12. The van der Waals surface area contributed by atoms with Gasteiger partial charge in [-0.25, -0.2) is 4.98 Å².